The van der Waals surface area contributed by atoms with Crippen molar-refractivity contribution in [3.63, 3.8) is 0 Å². The van der Waals surface area contributed by atoms with E-state index >= 15 is 0 Å². The molecule has 36 heavy (non-hydrogen) atoms. The van der Waals surface area contributed by atoms with Crippen molar-refractivity contribution in [2.75, 3.05) is 10.6 Å². The monoisotopic (exact) mass is 524 g/mol. The standard InChI is InChI=1S/C25H28N6O3S2/c1-7-17(20(32)28-25-30-29-22(36-25)12(2)3)31-11-26-23-18(24(31)34)15(6)19(35-23)21(33)27-16-9-8-13(4)10-14(16)5/h8-12,17H,7H2,1-6H3,(H,27,33)(H,28,30,32). The third kappa shape index (κ3) is 4.93. The Bertz CT molecular complexity index is 1520. The van der Waals surface area contributed by atoms with Crippen LogP contribution in [0.25, 0.3) is 10.2 Å². The number of benzene rings is 1. The highest BCUT2D eigenvalue weighted by Crippen LogP contribution is 2.29. The van der Waals surface area contributed by atoms with Crippen molar-refractivity contribution in [2.45, 2.75) is 59.9 Å². The molecule has 1 unspecified atom stereocenters. The van der Waals surface area contributed by atoms with E-state index in [2.05, 4.69) is 25.8 Å². The fourth-order valence-electron chi connectivity index (χ4n) is 3.92. The maximum Gasteiger partial charge on any atom is 0.266 e. The fourth-order valence-corrected chi connectivity index (χ4v) is 5.71. The minimum absolute atomic E-state index is 0.201. The van der Waals surface area contributed by atoms with Crippen molar-refractivity contribution in [1.82, 2.24) is 19.7 Å². The van der Waals surface area contributed by atoms with Crippen LogP contribution in [0, 0.1) is 20.8 Å². The zero-order valence-corrected chi connectivity index (χ0v) is 22.6. The Balaban J connectivity index is 1.64. The lowest BCUT2D eigenvalue weighted by molar-refractivity contribution is -0.119. The second-order valence-electron chi connectivity index (χ2n) is 8.98. The lowest BCUT2D eigenvalue weighted by Gasteiger charge is -2.16. The van der Waals surface area contributed by atoms with Gasteiger partial charge in [0.05, 0.1) is 16.6 Å². The Kier molecular flexibility index (Phi) is 7.32. The number of nitrogens with zero attached hydrogens (tertiary/aromatic N) is 4. The summed E-state index contributed by atoms with van der Waals surface area (Å²) in [6, 6.07) is 5.01. The molecule has 0 fully saturated rings. The summed E-state index contributed by atoms with van der Waals surface area (Å²) < 4.78 is 1.33. The number of aromatic nitrogens is 4. The van der Waals surface area contributed by atoms with E-state index in [0.717, 1.165) is 16.1 Å². The van der Waals surface area contributed by atoms with Crippen molar-refractivity contribution >= 4 is 55.5 Å². The summed E-state index contributed by atoms with van der Waals surface area (Å²) in [5.74, 6) is -0.462. The van der Waals surface area contributed by atoms with Gasteiger partial charge in [0.25, 0.3) is 11.5 Å². The molecule has 0 saturated heterocycles. The average Bonchev–Trinajstić information content (AvgIpc) is 3.42. The summed E-state index contributed by atoms with van der Waals surface area (Å²) in [6.07, 6.45) is 1.75. The van der Waals surface area contributed by atoms with Gasteiger partial charge in [-0.25, -0.2) is 4.98 Å². The largest absolute Gasteiger partial charge is 0.321 e. The number of rotatable bonds is 7. The number of thiophene rings is 1. The highest BCUT2D eigenvalue weighted by atomic mass is 32.1. The first kappa shape index (κ1) is 25.6. The number of anilines is 2. The van der Waals surface area contributed by atoms with E-state index in [1.165, 1.54) is 33.6 Å². The molecule has 4 rings (SSSR count). The molecule has 4 aromatic rings. The second kappa shape index (κ2) is 10.3. The van der Waals surface area contributed by atoms with Gasteiger partial charge in [0.15, 0.2) is 0 Å². The van der Waals surface area contributed by atoms with E-state index in [-0.39, 0.29) is 23.3 Å². The first-order valence-corrected chi connectivity index (χ1v) is 13.3. The molecule has 9 nitrogen and oxygen atoms in total. The van der Waals surface area contributed by atoms with Crippen molar-refractivity contribution in [1.29, 1.82) is 0 Å². The van der Waals surface area contributed by atoms with Crippen LogP contribution < -0.4 is 16.2 Å². The normalized spacial score (nSPS) is 12.2. The predicted molar refractivity (Wildman–Crippen MR) is 144 cm³/mol. The van der Waals surface area contributed by atoms with Crippen LogP contribution in [0.15, 0.2) is 29.3 Å². The Morgan fingerprint density at radius 1 is 1.08 bits per heavy atom. The molecule has 1 atom stereocenters. The summed E-state index contributed by atoms with van der Waals surface area (Å²) in [6.45, 7) is 11.5. The van der Waals surface area contributed by atoms with E-state index < -0.39 is 6.04 Å². The minimum Gasteiger partial charge on any atom is -0.321 e. The van der Waals surface area contributed by atoms with Crippen molar-refractivity contribution in [3.05, 3.63) is 61.5 Å². The van der Waals surface area contributed by atoms with Gasteiger partial charge in [-0.15, -0.1) is 21.5 Å². The molecular formula is C25H28N6O3S2. The van der Waals surface area contributed by atoms with Crippen LogP contribution in [0.1, 0.15) is 70.5 Å². The summed E-state index contributed by atoms with van der Waals surface area (Å²) in [7, 11) is 0. The van der Waals surface area contributed by atoms with Crippen molar-refractivity contribution < 1.29 is 9.59 Å². The van der Waals surface area contributed by atoms with Crippen molar-refractivity contribution in [2.24, 2.45) is 0 Å². The van der Waals surface area contributed by atoms with Gasteiger partial charge in [-0.2, -0.15) is 0 Å². The molecule has 1 aromatic carbocycles. The third-order valence-electron chi connectivity index (χ3n) is 5.90. The van der Waals surface area contributed by atoms with Gasteiger partial charge in [0.2, 0.25) is 11.0 Å². The van der Waals surface area contributed by atoms with E-state index in [1.54, 1.807) is 6.92 Å². The summed E-state index contributed by atoms with van der Waals surface area (Å²) in [5.41, 5.74) is 2.96. The van der Waals surface area contributed by atoms with Gasteiger partial charge in [0.1, 0.15) is 15.9 Å². The zero-order chi connectivity index (χ0) is 26.1. The van der Waals surface area contributed by atoms with Gasteiger partial charge < -0.3 is 5.32 Å². The van der Waals surface area contributed by atoms with Gasteiger partial charge in [-0.1, -0.05) is 49.8 Å². The summed E-state index contributed by atoms with van der Waals surface area (Å²) in [5, 5.41) is 15.4. The van der Waals surface area contributed by atoms with E-state index in [0.29, 0.717) is 37.9 Å². The molecule has 0 aliphatic heterocycles. The average molecular weight is 525 g/mol. The van der Waals surface area contributed by atoms with Crippen LogP contribution in [0.2, 0.25) is 0 Å². The van der Waals surface area contributed by atoms with E-state index in [9.17, 15) is 14.4 Å². The van der Waals surface area contributed by atoms with Crippen molar-refractivity contribution in [3.8, 4) is 0 Å². The molecule has 0 spiro atoms. The smallest absolute Gasteiger partial charge is 0.266 e. The number of aryl methyl sites for hydroxylation is 3. The summed E-state index contributed by atoms with van der Waals surface area (Å²) in [4.78, 5) is 44.9. The molecule has 2 N–H and O–H groups in total. The predicted octanol–water partition coefficient (Wildman–Crippen LogP) is 5.20. The van der Waals surface area contributed by atoms with Gasteiger partial charge in [-0.05, 0) is 44.4 Å². The van der Waals surface area contributed by atoms with Gasteiger partial charge in [0, 0.05) is 11.6 Å². The fraction of sp³-hybridized carbons (Fsp3) is 0.360. The highest BCUT2D eigenvalue weighted by Gasteiger charge is 2.25. The van der Waals surface area contributed by atoms with Crippen LogP contribution in [0.4, 0.5) is 10.8 Å². The molecular weight excluding hydrogens is 496 g/mol. The molecule has 3 aromatic heterocycles. The number of hydrogen-bond donors (Lipinski definition) is 2. The van der Waals surface area contributed by atoms with Crippen LogP contribution in [-0.2, 0) is 4.79 Å². The Morgan fingerprint density at radius 3 is 2.47 bits per heavy atom. The van der Waals surface area contributed by atoms with Crippen LogP contribution in [0.3, 0.4) is 0 Å². The molecule has 0 radical (unpaired) electrons. The Labute approximate surface area is 216 Å². The zero-order valence-electron chi connectivity index (χ0n) is 21.0. The number of fused-ring (bicyclic) bond motifs is 1. The number of nitrogens with one attached hydrogen (secondary N) is 2. The molecule has 188 valence electrons. The lowest BCUT2D eigenvalue weighted by Crippen LogP contribution is -2.33. The van der Waals surface area contributed by atoms with Crippen LogP contribution in [0.5, 0.6) is 0 Å². The molecule has 2 amide bonds. The van der Waals surface area contributed by atoms with Gasteiger partial charge in [-0.3, -0.25) is 24.3 Å². The SMILES string of the molecule is CCC(C(=O)Nc1nnc(C(C)C)s1)n1cnc2sc(C(=O)Nc3ccc(C)cc3C)c(C)c2c1=O. The maximum atomic E-state index is 13.5. The lowest BCUT2D eigenvalue weighted by atomic mass is 10.1. The number of amides is 2. The minimum atomic E-state index is -0.785. The third-order valence-corrected chi connectivity index (χ3v) is 8.24. The highest BCUT2D eigenvalue weighted by molar-refractivity contribution is 7.20. The number of carbonyl (C=O) groups excluding carboxylic acids is 2. The molecule has 0 aliphatic rings. The summed E-state index contributed by atoms with van der Waals surface area (Å²) >= 11 is 2.48. The molecule has 0 bridgehead atoms. The first-order valence-electron chi connectivity index (χ1n) is 11.6. The molecule has 3 heterocycles. The Hall–Kier alpha value is -3.44. The molecule has 11 heteroatoms. The van der Waals surface area contributed by atoms with Crippen LogP contribution in [-0.4, -0.2) is 31.6 Å². The number of hydrogen-bond acceptors (Lipinski definition) is 8. The second-order valence-corrected chi connectivity index (χ2v) is 11.0. The first-order chi connectivity index (χ1) is 17.1. The molecule has 0 saturated carbocycles. The van der Waals surface area contributed by atoms with Crippen LogP contribution >= 0.6 is 22.7 Å². The molecule has 0 aliphatic carbocycles. The maximum absolute atomic E-state index is 13.5. The van der Waals surface area contributed by atoms with E-state index in [4.69, 9.17) is 0 Å². The Morgan fingerprint density at radius 2 is 1.83 bits per heavy atom. The quantitative estimate of drug-likeness (QED) is 0.343. The number of carbonyl (C=O) groups is 2. The van der Waals surface area contributed by atoms with E-state index in [1.807, 2.05) is 52.8 Å². The topological polar surface area (TPSA) is 119 Å². The van der Waals surface area contributed by atoms with Gasteiger partial charge >= 0.3 is 0 Å².